The molecule has 0 radical (unpaired) electrons. The van der Waals surface area contributed by atoms with Crippen LogP contribution >= 0.6 is 0 Å². The van der Waals surface area contributed by atoms with Crippen LogP contribution in [0.3, 0.4) is 0 Å². The first-order valence-electron chi connectivity index (χ1n) is 6.03. The molecule has 4 N–H and O–H groups in total. The topological polar surface area (TPSA) is 93.2 Å². The predicted molar refractivity (Wildman–Crippen MR) is 73.2 cm³/mol. The summed E-state index contributed by atoms with van der Waals surface area (Å²) in [5.74, 6) is -2.00. The number of benzene rings is 1. The molecule has 106 valence electrons. The highest BCUT2D eigenvalue weighted by atomic mass is 19.1. The van der Waals surface area contributed by atoms with Crippen LogP contribution in [0.2, 0.25) is 0 Å². The van der Waals surface area contributed by atoms with Crippen LogP contribution in [0.15, 0.2) is 24.5 Å². The number of anilines is 2. The summed E-state index contributed by atoms with van der Waals surface area (Å²) in [4.78, 5) is 11.1. The highest BCUT2D eigenvalue weighted by molar-refractivity contribution is 6.00. The second-order valence-corrected chi connectivity index (χ2v) is 4.40. The van der Waals surface area contributed by atoms with E-state index in [0.29, 0.717) is 18.8 Å². The fourth-order valence-corrected chi connectivity index (χ4v) is 1.87. The SMILES string of the molecule is Cc1cnn(CCNc2ccc(F)c(N)c2C(=O)O)c1. The molecule has 0 aliphatic heterocycles. The van der Waals surface area contributed by atoms with Gasteiger partial charge in [0.25, 0.3) is 0 Å². The molecule has 0 saturated heterocycles. The molecule has 7 heteroatoms. The number of nitrogen functional groups attached to an aromatic ring is 1. The molecule has 6 nitrogen and oxygen atoms in total. The van der Waals surface area contributed by atoms with Gasteiger partial charge in [0.05, 0.1) is 24.1 Å². The maximum absolute atomic E-state index is 13.3. The van der Waals surface area contributed by atoms with Gasteiger partial charge < -0.3 is 16.2 Å². The summed E-state index contributed by atoms with van der Waals surface area (Å²) in [6, 6.07) is 2.51. The number of nitrogens with two attached hydrogens (primary N) is 1. The highest BCUT2D eigenvalue weighted by Gasteiger charge is 2.17. The third kappa shape index (κ3) is 2.87. The van der Waals surface area contributed by atoms with E-state index in [-0.39, 0.29) is 11.3 Å². The molecule has 0 bridgehead atoms. The molecule has 2 rings (SSSR count). The van der Waals surface area contributed by atoms with Crippen molar-refractivity contribution in [2.75, 3.05) is 17.6 Å². The number of aryl methyl sites for hydroxylation is 1. The second-order valence-electron chi connectivity index (χ2n) is 4.40. The minimum Gasteiger partial charge on any atom is -0.478 e. The van der Waals surface area contributed by atoms with Crippen molar-refractivity contribution >= 4 is 17.3 Å². The van der Waals surface area contributed by atoms with Crippen LogP contribution < -0.4 is 11.1 Å². The Bertz CT molecular complexity index is 639. The van der Waals surface area contributed by atoms with E-state index in [1.165, 1.54) is 6.07 Å². The second kappa shape index (κ2) is 5.60. The number of nitrogens with one attached hydrogen (secondary N) is 1. The van der Waals surface area contributed by atoms with Gasteiger partial charge in [-0.25, -0.2) is 9.18 Å². The van der Waals surface area contributed by atoms with Gasteiger partial charge in [-0.3, -0.25) is 4.68 Å². The van der Waals surface area contributed by atoms with Gasteiger partial charge in [-0.1, -0.05) is 0 Å². The lowest BCUT2D eigenvalue weighted by Crippen LogP contribution is -2.15. The molecular formula is C13H15FN4O2. The van der Waals surface area contributed by atoms with Crippen LogP contribution in [-0.4, -0.2) is 27.4 Å². The van der Waals surface area contributed by atoms with Crippen molar-refractivity contribution in [1.29, 1.82) is 0 Å². The number of carboxylic acid groups (broad SMARTS) is 1. The number of halogens is 1. The Labute approximate surface area is 115 Å². The summed E-state index contributed by atoms with van der Waals surface area (Å²) in [6.07, 6.45) is 3.61. The molecule has 0 atom stereocenters. The van der Waals surface area contributed by atoms with Crippen LogP contribution in [0, 0.1) is 12.7 Å². The first kappa shape index (κ1) is 13.9. The molecule has 0 aliphatic rings. The minimum absolute atomic E-state index is 0.248. The third-order valence-electron chi connectivity index (χ3n) is 2.82. The number of hydrogen-bond acceptors (Lipinski definition) is 4. The summed E-state index contributed by atoms with van der Waals surface area (Å²) in [5, 5.41) is 16.1. The Balaban J connectivity index is 2.09. The summed E-state index contributed by atoms with van der Waals surface area (Å²) in [6.45, 7) is 2.94. The average molecular weight is 278 g/mol. The molecule has 0 aliphatic carbocycles. The number of hydrogen-bond donors (Lipinski definition) is 3. The molecule has 1 heterocycles. The molecule has 1 aromatic heterocycles. The van der Waals surface area contributed by atoms with E-state index in [1.54, 1.807) is 10.9 Å². The summed E-state index contributed by atoms with van der Waals surface area (Å²) in [7, 11) is 0. The zero-order valence-electron chi connectivity index (χ0n) is 10.9. The van der Waals surface area contributed by atoms with Crippen molar-refractivity contribution in [3.8, 4) is 0 Å². The lowest BCUT2D eigenvalue weighted by atomic mass is 10.1. The van der Waals surface area contributed by atoms with Gasteiger partial charge in [-0.15, -0.1) is 0 Å². The molecule has 0 amide bonds. The van der Waals surface area contributed by atoms with E-state index in [0.717, 1.165) is 11.6 Å². The quantitative estimate of drug-likeness (QED) is 0.724. The molecule has 20 heavy (non-hydrogen) atoms. The van der Waals surface area contributed by atoms with E-state index >= 15 is 0 Å². The normalized spacial score (nSPS) is 10.5. The van der Waals surface area contributed by atoms with E-state index in [2.05, 4.69) is 10.4 Å². The van der Waals surface area contributed by atoms with Gasteiger partial charge >= 0.3 is 5.97 Å². The van der Waals surface area contributed by atoms with Gasteiger partial charge in [-0.2, -0.15) is 5.10 Å². The molecule has 1 aromatic carbocycles. The van der Waals surface area contributed by atoms with E-state index in [9.17, 15) is 9.18 Å². The molecule has 0 unspecified atom stereocenters. The number of nitrogens with zero attached hydrogens (tertiary/aromatic N) is 2. The highest BCUT2D eigenvalue weighted by Crippen LogP contribution is 2.24. The largest absolute Gasteiger partial charge is 0.478 e. The number of aromatic carboxylic acids is 1. The molecule has 0 saturated carbocycles. The maximum atomic E-state index is 13.3. The Morgan fingerprint density at radius 2 is 2.30 bits per heavy atom. The van der Waals surface area contributed by atoms with Crippen molar-refractivity contribution in [2.45, 2.75) is 13.5 Å². The van der Waals surface area contributed by atoms with Crippen molar-refractivity contribution in [3.63, 3.8) is 0 Å². The number of carbonyl (C=O) groups is 1. The first-order chi connectivity index (χ1) is 9.49. The lowest BCUT2D eigenvalue weighted by molar-refractivity contribution is 0.0698. The van der Waals surface area contributed by atoms with Gasteiger partial charge in [0.1, 0.15) is 11.4 Å². The zero-order valence-corrected chi connectivity index (χ0v) is 10.9. The average Bonchev–Trinajstić information content (AvgIpc) is 2.79. The Morgan fingerprint density at radius 3 is 2.90 bits per heavy atom. The van der Waals surface area contributed by atoms with E-state index < -0.39 is 11.8 Å². The third-order valence-corrected chi connectivity index (χ3v) is 2.82. The van der Waals surface area contributed by atoms with Crippen LogP contribution in [0.1, 0.15) is 15.9 Å². The van der Waals surface area contributed by atoms with Crippen LogP contribution in [0.5, 0.6) is 0 Å². The fraction of sp³-hybridized carbons (Fsp3) is 0.231. The monoisotopic (exact) mass is 278 g/mol. The van der Waals surface area contributed by atoms with Crippen molar-refractivity contribution in [3.05, 3.63) is 41.5 Å². The Kier molecular flexibility index (Phi) is 3.88. The predicted octanol–water partition coefficient (Wildman–Crippen LogP) is 1.72. The minimum atomic E-state index is -1.26. The number of aromatic nitrogens is 2. The standard InChI is InChI=1S/C13H15FN4O2/c1-8-6-17-18(7-8)5-4-16-10-3-2-9(14)12(15)11(10)13(19)20/h2-3,6-7,16H,4-5,15H2,1H3,(H,19,20). The van der Waals surface area contributed by atoms with Gasteiger partial charge in [0, 0.05) is 12.7 Å². The van der Waals surface area contributed by atoms with Crippen LogP contribution in [-0.2, 0) is 6.54 Å². The maximum Gasteiger partial charge on any atom is 0.340 e. The summed E-state index contributed by atoms with van der Waals surface area (Å²) in [5.41, 5.74) is 6.18. The van der Waals surface area contributed by atoms with Gasteiger partial charge in [-0.05, 0) is 24.6 Å². The first-order valence-corrected chi connectivity index (χ1v) is 6.03. The molecule has 0 fully saturated rings. The molecule has 2 aromatic rings. The summed E-state index contributed by atoms with van der Waals surface area (Å²) < 4.78 is 15.0. The summed E-state index contributed by atoms with van der Waals surface area (Å²) >= 11 is 0. The van der Waals surface area contributed by atoms with E-state index in [1.807, 2.05) is 13.1 Å². The smallest absolute Gasteiger partial charge is 0.340 e. The Morgan fingerprint density at radius 1 is 1.55 bits per heavy atom. The van der Waals surface area contributed by atoms with Gasteiger partial charge in [0.2, 0.25) is 0 Å². The van der Waals surface area contributed by atoms with Crippen LogP contribution in [0.25, 0.3) is 0 Å². The van der Waals surface area contributed by atoms with Crippen molar-refractivity contribution in [1.82, 2.24) is 9.78 Å². The van der Waals surface area contributed by atoms with Crippen LogP contribution in [0.4, 0.5) is 15.8 Å². The number of carboxylic acids is 1. The van der Waals surface area contributed by atoms with Crippen molar-refractivity contribution < 1.29 is 14.3 Å². The van der Waals surface area contributed by atoms with Crippen molar-refractivity contribution in [2.24, 2.45) is 0 Å². The molecular weight excluding hydrogens is 263 g/mol. The zero-order chi connectivity index (χ0) is 14.7. The van der Waals surface area contributed by atoms with E-state index in [4.69, 9.17) is 10.8 Å². The Hall–Kier alpha value is -2.57. The van der Waals surface area contributed by atoms with Gasteiger partial charge in [0.15, 0.2) is 0 Å². The lowest BCUT2D eigenvalue weighted by Gasteiger charge is -2.12. The fourth-order valence-electron chi connectivity index (χ4n) is 1.87. The molecule has 0 spiro atoms. The number of rotatable bonds is 5.